The van der Waals surface area contributed by atoms with Gasteiger partial charge in [0.1, 0.15) is 0 Å². The van der Waals surface area contributed by atoms with Gasteiger partial charge in [-0.1, -0.05) is 0 Å². The van der Waals surface area contributed by atoms with Gasteiger partial charge in [-0.15, -0.1) is 0 Å². The highest BCUT2D eigenvalue weighted by atomic mass is 32.1. The second-order valence-corrected chi connectivity index (χ2v) is 3.31. The molecule has 0 amide bonds. The third-order valence-electron chi connectivity index (χ3n) is 1.87. The second-order valence-electron chi connectivity index (χ2n) is 2.93. The van der Waals surface area contributed by atoms with E-state index in [0.29, 0.717) is 12.6 Å². The summed E-state index contributed by atoms with van der Waals surface area (Å²) in [5, 5.41) is 3.95. The highest BCUT2D eigenvalue weighted by Gasteiger charge is 2.13. The van der Waals surface area contributed by atoms with Crippen LogP contribution in [0.4, 0.5) is 0 Å². The van der Waals surface area contributed by atoms with E-state index in [2.05, 4.69) is 24.1 Å². The van der Waals surface area contributed by atoms with Crippen molar-refractivity contribution in [1.29, 1.82) is 0 Å². The van der Waals surface area contributed by atoms with Gasteiger partial charge >= 0.3 is 0 Å². The first-order valence-electron chi connectivity index (χ1n) is 4.70. The highest BCUT2D eigenvalue weighted by molar-refractivity contribution is 7.80. The van der Waals surface area contributed by atoms with Crippen molar-refractivity contribution in [2.75, 3.05) is 26.8 Å². The number of nitrogens with one attached hydrogen (secondary N) is 1. The van der Waals surface area contributed by atoms with Gasteiger partial charge in [-0.05, 0) is 33.0 Å². The molecule has 0 fully saturated rings. The largest absolute Gasteiger partial charge is 0.383 e. The summed E-state index contributed by atoms with van der Waals surface area (Å²) in [6.07, 6.45) is 0. The number of hydrogen-bond acceptors (Lipinski definition) is 2. The first-order valence-corrected chi connectivity index (χ1v) is 5.11. The van der Waals surface area contributed by atoms with Crippen molar-refractivity contribution in [2.45, 2.75) is 26.8 Å². The van der Waals surface area contributed by atoms with Crippen LogP contribution in [0.25, 0.3) is 0 Å². The Labute approximate surface area is 86.4 Å². The van der Waals surface area contributed by atoms with Gasteiger partial charge in [0.25, 0.3) is 0 Å². The van der Waals surface area contributed by atoms with Crippen LogP contribution in [0.3, 0.4) is 0 Å². The van der Waals surface area contributed by atoms with Crippen molar-refractivity contribution in [3.8, 4) is 0 Å². The Morgan fingerprint density at radius 2 is 2.15 bits per heavy atom. The molecule has 0 radical (unpaired) electrons. The number of ether oxygens (including phenoxy) is 1. The van der Waals surface area contributed by atoms with Gasteiger partial charge < -0.3 is 15.0 Å². The van der Waals surface area contributed by atoms with E-state index in [1.165, 1.54) is 0 Å². The molecule has 3 nitrogen and oxygen atoms in total. The van der Waals surface area contributed by atoms with Crippen LogP contribution in [0.15, 0.2) is 0 Å². The molecule has 0 saturated carbocycles. The van der Waals surface area contributed by atoms with E-state index in [4.69, 9.17) is 17.0 Å². The van der Waals surface area contributed by atoms with Crippen LogP contribution in [0.5, 0.6) is 0 Å². The number of nitrogens with zero attached hydrogens (tertiary/aromatic N) is 1. The van der Waals surface area contributed by atoms with Crippen LogP contribution in [0, 0.1) is 0 Å². The van der Waals surface area contributed by atoms with Crippen molar-refractivity contribution in [2.24, 2.45) is 0 Å². The molecule has 13 heavy (non-hydrogen) atoms. The maximum absolute atomic E-state index is 5.22. The average molecular weight is 204 g/mol. The van der Waals surface area contributed by atoms with Crippen LogP contribution >= 0.6 is 12.2 Å². The lowest BCUT2D eigenvalue weighted by Gasteiger charge is -2.29. The van der Waals surface area contributed by atoms with Gasteiger partial charge in [0.15, 0.2) is 5.11 Å². The number of thiocarbonyl (C=S) groups is 1. The second kappa shape index (κ2) is 7.09. The minimum Gasteiger partial charge on any atom is -0.383 e. The Hall–Kier alpha value is -0.350. The molecule has 0 aromatic carbocycles. The molecular weight excluding hydrogens is 184 g/mol. The lowest BCUT2D eigenvalue weighted by Crippen LogP contribution is -2.46. The predicted octanol–water partition coefficient (Wildman–Crippen LogP) is 1.24. The molecule has 0 aliphatic rings. The maximum atomic E-state index is 5.22. The number of likely N-dealkylation sites (N-methyl/N-ethyl adjacent to an activating group) is 1. The quantitative estimate of drug-likeness (QED) is 0.681. The Morgan fingerprint density at radius 3 is 2.54 bits per heavy atom. The Morgan fingerprint density at radius 1 is 1.54 bits per heavy atom. The van der Waals surface area contributed by atoms with E-state index in [1.807, 2.05) is 6.92 Å². The molecule has 0 saturated heterocycles. The minimum absolute atomic E-state index is 0.335. The molecule has 1 atom stereocenters. The van der Waals surface area contributed by atoms with Crippen LogP contribution in [-0.4, -0.2) is 42.9 Å². The lowest BCUT2D eigenvalue weighted by atomic mass is 10.3. The lowest BCUT2D eigenvalue weighted by molar-refractivity contribution is 0.138. The fraction of sp³-hybridized carbons (Fsp3) is 0.889. The van der Waals surface area contributed by atoms with Crippen LogP contribution in [0.2, 0.25) is 0 Å². The summed E-state index contributed by atoms with van der Waals surface area (Å²) in [6.45, 7) is 8.73. The Bertz CT molecular complexity index is 153. The summed E-state index contributed by atoms with van der Waals surface area (Å²) in [7, 11) is 1.71. The fourth-order valence-electron chi connectivity index (χ4n) is 1.24. The first-order chi connectivity index (χ1) is 6.17. The minimum atomic E-state index is 0.335. The molecular formula is C9H20N2OS. The van der Waals surface area contributed by atoms with E-state index in [0.717, 1.165) is 18.2 Å². The molecule has 1 N–H and O–H groups in total. The van der Waals surface area contributed by atoms with Gasteiger partial charge in [-0.2, -0.15) is 0 Å². The van der Waals surface area contributed by atoms with Crippen molar-refractivity contribution >= 4 is 17.3 Å². The third-order valence-corrected chi connectivity index (χ3v) is 2.25. The molecule has 0 aliphatic heterocycles. The SMILES string of the molecule is CCNC(=S)N(CC)C(C)COC. The topological polar surface area (TPSA) is 24.5 Å². The molecule has 0 bridgehead atoms. The molecule has 0 aromatic rings. The summed E-state index contributed by atoms with van der Waals surface area (Å²) in [5.74, 6) is 0. The molecule has 1 unspecified atom stereocenters. The summed E-state index contributed by atoms with van der Waals surface area (Å²) in [6, 6.07) is 0.335. The van der Waals surface area contributed by atoms with Gasteiger partial charge in [-0.25, -0.2) is 0 Å². The predicted molar refractivity (Wildman–Crippen MR) is 60.0 cm³/mol. The molecule has 78 valence electrons. The van der Waals surface area contributed by atoms with Gasteiger partial charge in [-0.3, -0.25) is 0 Å². The number of rotatable bonds is 5. The first kappa shape index (κ1) is 12.7. The van der Waals surface area contributed by atoms with E-state index in [9.17, 15) is 0 Å². The van der Waals surface area contributed by atoms with E-state index < -0.39 is 0 Å². The fourth-order valence-corrected chi connectivity index (χ4v) is 1.69. The smallest absolute Gasteiger partial charge is 0.169 e. The van der Waals surface area contributed by atoms with Crippen LogP contribution in [-0.2, 0) is 4.74 Å². The van der Waals surface area contributed by atoms with Crippen molar-refractivity contribution < 1.29 is 4.74 Å². The maximum Gasteiger partial charge on any atom is 0.169 e. The molecule has 4 heteroatoms. The molecule has 0 heterocycles. The zero-order valence-electron chi connectivity index (χ0n) is 8.96. The standard InChI is InChI=1S/C9H20N2OS/c1-5-10-9(13)11(6-2)8(3)7-12-4/h8H,5-7H2,1-4H3,(H,10,13). The summed E-state index contributed by atoms with van der Waals surface area (Å²) >= 11 is 5.22. The summed E-state index contributed by atoms with van der Waals surface area (Å²) in [5.41, 5.74) is 0. The molecule has 0 aromatic heterocycles. The Balaban J connectivity index is 4.06. The zero-order chi connectivity index (χ0) is 10.3. The van der Waals surface area contributed by atoms with E-state index >= 15 is 0 Å². The summed E-state index contributed by atoms with van der Waals surface area (Å²) in [4.78, 5) is 2.13. The molecule has 0 rings (SSSR count). The monoisotopic (exact) mass is 204 g/mol. The average Bonchev–Trinajstić information content (AvgIpc) is 2.06. The Kier molecular flexibility index (Phi) is 6.90. The van der Waals surface area contributed by atoms with E-state index in [-0.39, 0.29) is 0 Å². The van der Waals surface area contributed by atoms with Crippen molar-refractivity contribution in [3.63, 3.8) is 0 Å². The van der Waals surface area contributed by atoms with E-state index in [1.54, 1.807) is 7.11 Å². The van der Waals surface area contributed by atoms with Crippen LogP contribution < -0.4 is 5.32 Å². The molecule has 0 spiro atoms. The van der Waals surface area contributed by atoms with Gasteiger partial charge in [0, 0.05) is 20.2 Å². The number of hydrogen-bond donors (Lipinski definition) is 1. The third kappa shape index (κ3) is 4.43. The molecule has 0 aliphatic carbocycles. The van der Waals surface area contributed by atoms with Crippen molar-refractivity contribution in [3.05, 3.63) is 0 Å². The number of methoxy groups -OCH3 is 1. The zero-order valence-corrected chi connectivity index (χ0v) is 9.78. The van der Waals surface area contributed by atoms with Crippen LogP contribution in [0.1, 0.15) is 20.8 Å². The van der Waals surface area contributed by atoms with Gasteiger partial charge in [0.05, 0.1) is 12.6 Å². The normalized spacial score (nSPS) is 12.3. The highest BCUT2D eigenvalue weighted by Crippen LogP contribution is 1.99. The van der Waals surface area contributed by atoms with Crippen molar-refractivity contribution in [1.82, 2.24) is 10.2 Å². The summed E-state index contributed by atoms with van der Waals surface area (Å²) < 4.78 is 5.09. The van der Waals surface area contributed by atoms with Gasteiger partial charge in [0.2, 0.25) is 0 Å².